The Morgan fingerprint density at radius 3 is 2.54 bits per heavy atom. The fourth-order valence-electron chi connectivity index (χ4n) is 2.45. The molecular weight excluding hydrogens is 315 g/mol. The summed E-state index contributed by atoms with van der Waals surface area (Å²) in [6.07, 6.45) is -0.332. The fourth-order valence-corrected chi connectivity index (χ4v) is 2.45. The van der Waals surface area contributed by atoms with E-state index < -0.39 is 29.5 Å². The number of hydrogen-bond acceptors (Lipinski definition) is 4. The first-order chi connectivity index (χ1) is 11.1. The number of carbonyl (C=O) groups excluding carboxylic acids is 3. The molecule has 24 heavy (non-hydrogen) atoms. The number of alkyl carbamates (subject to hydrolysis) is 1. The molecule has 1 unspecified atom stereocenters. The maximum Gasteiger partial charge on any atom is 0.408 e. The highest BCUT2D eigenvalue weighted by Crippen LogP contribution is 2.26. The van der Waals surface area contributed by atoms with Crippen molar-refractivity contribution in [1.82, 2.24) is 5.32 Å². The predicted molar refractivity (Wildman–Crippen MR) is 86.5 cm³/mol. The van der Waals surface area contributed by atoms with Gasteiger partial charge in [-0.1, -0.05) is 0 Å². The van der Waals surface area contributed by atoms with Crippen LogP contribution in [-0.4, -0.2) is 36.0 Å². The normalized spacial score (nSPS) is 17.8. The van der Waals surface area contributed by atoms with Crippen molar-refractivity contribution in [3.8, 4) is 0 Å². The van der Waals surface area contributed by atoms with Crippen LogP contribution in [0.2, 0.25) is 0 Å². The molecule has 1 heterocycles. The topological polar surface area (TPSA) is 75.7 Å². The van der Waals surface area contributed by atoms with Crippen molar-refractivity contribution in [2.24, 2.45) is 0 Å². The number of rotatable bonds is 3. The Kier molecular flexibility index (Phi) is 4.91. The number of nitrogens with zero attached hydrogens (tertiary/aromatic N) is 1. The quantitative estimate of drug-likeness (QED) is 0.861. The van der Waals surface area contributed by atoms with Crippen molar-refractivity contribution in [1.29, 1.82) is 0 Å². The molecule has 130 valence electrons. The van der Waals surface area contributed by atoms with Crippen LogP contribution in [0.1, 0.15) is 44.5 Å². The van der Waals surface area contributed by atoms with Crippen molar-refractivity contribution in [2.75, 3.05) is 11.4 Å². The Labute approximate surface area is 140 Å². The maximum absolute atomic E-state index is 14.2. The van der Waals surface area contributed by atoms with Crippen LogP contribution < -0.4 is 10.2 Å². The van der Waals surface area contributed by atoms with Crippen LogP contribution in [0.25, 0.3) is 0 Å². The van der Waals surface area contributed by atoms with E-state index in [-0.39, 0.29) is 23.6 Å². The van der Waals surface area contributed by atoms with E-state index in [0.717, 1.165) is 6.07 Å². The Morgan fingerprint density at radius 2 is 2.00 bits per heavy atom. The largest absolute Gasteiger partial charge is 0.444 e. The van der Waals surface area contributed by atoms with Crippen LogP contribution in [0, 0.1) is 5.82 Å². The Morgan fingerprint density at radius 1 is 1.33 bits per heavy atom. The van der Waals surface area contributed by atoms with Crippen LogP contribution in [0.15, 0.2) is 18.2 Å². The number of nitrogens with one attached hydrogen (secondary N) is 1. The summed E-state index contributed by atoms with van der Waals surface area (Å²) in [5, 5.41) is 2.51. The molecule has 0 aliphatic carbocycles. The van der Waals surface area contributed by atoms with Gasteiger partial charge in [0.05, 0.1) is 5.69 Å². The molecule has 0 spiro atoms. The summed E-state index contributed by atoms with van der Waals surface area (Å²) in [6, 6.07) is 3.23. The zero-order chi connectivity index (χ0) is 18.1. The van der Waals surface area contributed by atoms with E-state index in [0.29, 0.717) is 6.42 Å². The van der Waals surface area contributed by atoms with E-state index in [2.05, 4.69) is 5.32 Å². The molecule has 0 saturated carbocycles. The third-order valence-electron chi connectivity index (χ3n) is 3.54. The lowest BCUT2D eigenvalue weighted by molar-refractivity contribution is -0.118. The zero-order valence-corrected chi connectivity index (χ0v) is 14.2. The highest BCUT2D eigenvalue weighted by Gasteiger charge is 2.35. The minimum Gasteiger partial charge on any atom is -0.444 e. The summed E-state index contributed by atoms with van der Waals surface area (Å²) >= 11 is 0. The van der Waals surface area contributed by atoms with Gasteiger partial charge in [-0.2, -0.15) is 0 Å². The van der Waals surface area contributed by atoms with E-state index in [1.807, 2.05) is 0 Å². The van der Waals surface area contributed by atoms with Gasteiger partial charge in [-0.05, 0) is 52.3 Å². The van der Waals surface area contributed by atoms with E-state index in [9.17, 15) is 18.8 Å². The average Bonchev–Trinajstić information content (AvgIpc) is 2.78. The molecule has 6 nitrogen and oxygen atoms in total. The fraction of sp³-hybridized carbons (Fsp3) is 0.471. The van der Waals surface area contributed by atoms with Gasteiger partial charge in [0, 0.05) is 12.1 Å². The van der Waals surface area contributed by atoms with Gasteiger partial charge < -0.3 is 15.0 Å². The molecule has 0 radical (unpaired) electrons. The summed E-state index contributed by atoms with van der Waals surface area (Å²) < 4.78 is 19.3. The third kappa shape index (κ3) is 4.10. The SMILES string of the molecule is CC(=O)c1ccc(N2CCC(NC(=O)OC(C)(C)C)C2=O)c(F)c1. The maximum atomic E-state index is 14.2. The molecule has 1 aromatic carbocycles. The van der Waals surface area contributed by atoms with Gasteiger partial charge in [0.1, 0.15) is 17.5 Å². The van der Waals surface area contributed by atoms with Crippen molar-refractivity contribution in [3.05, 3.63) is 29.6 Å². The minimum atomic E-state index is -0.758. The summed E-state index contributed by atoms with van der Waals surface area (Å²) in [5.74, 6) is -1.30. The van der Waals surface area contributed by atoms with Crippen molar-refractivity contribution < 1.29 is 23.5 Å². The number of benzene rings is 1. The number of anilines is 1. The first kappa shape index (κ1) is 17.9. The Bertz CT molecular complexity index is 682. The summed E-state index contributed by atoms with van der Waals surface area (Å²) in [7, 11) is 0. The predicted octanol–water partition coefficient (Wildman–Crippen LogP) is 2.66. The second-order valence-electron chi connectivity index (χ2n) is 6.70. The van der Waals surface area contributed by atoms with Crippen LogP contribution in [0.3, 0.4) is 0 Å². The molecule has 0 aromatic heterocycles. The lowest BCUT2D eigenvalue weighted by atomic mass is 10.1. The van der Waals surface area contributed by atoms with Crippen molar-refractivity contribution in [2.45, 2.75) is 45.8 Å². The molecule has 1 aromatic rings. The van der Waals surface area contributed by atoms with Crippen LogP contribution in [-0.2, 0) is 9.53 Å². The number of ether oxygens (including phenoxy) is 1. The number of hydrogen-bond donors (Lipinski definition) is 1. The average molecular weight is 336 g/mol. The number of halogens is 1. The first-order valence-electron chi connectivity index (χ1n) is 7.70. The van der Waals surface area contributed by atoms with Gasteiger partial charge in [0.25, 0.3) is 0 Å². The van der Waals surface area contributed by atoms with Gasteiger partial charge in [-0.3, -0.25) is 9.59 Å². The summed E-state index contributed by atoms with van der Waals surface area (Å²) in [6.45, 7) is 6.79. The lowest BCUT2D eigenvalue weighted by Crippen LogP contribution is -2.43. The highest BCUT2D eigenvalue weighted by molar-refractivity contribution is 6.01. The van der Waals surface area contributed by atoms with Gasteiger partial charge in [0.2, 0.25) is 5.91 Å². The minimum absolute atomic E-state index is 0.0958. The van der Waals surface area contributed by atoms with Crippen molar-refractivity contribution in [3.63, 3.8) is 0 Å². The molecule has 1 aliphatic heterocycles. The molecule has 1 N–H and O–H groups in total. The van der Waals surface area contributed by atoms with Crippen LogP contribution in [0.5, 0.6) is 0 Å². The third-order valence-corrected chi connectivity index (χ3v) is 3.54. The smallest absolute Gasteiger partial charge is 0.408 e. The summed E-state index contributed by atoms with van der Waals surface area (Å²) in [5.41, 5.74) is -0.329. The number of amides is 2. The second-order valence-corrected chi connectivity index (χ2v) is 6.70. The molecule has 2 rings (SSSR count). The molecule has 1 saturated heterocycles. The van der Waals surface area contributed by atoms with Gasteiger partial charge in [0.15, 0.2) is 5.78 Å². The molecule has 1 atom stereocenters. The molecular formula is C17H21FN2O4. The standard InChI is InChI=1S/C17H21FN2O4/c1-10(21)11-5-6-14(12(18)9-11)20-8-7-13(15(20)22)19-16(23)24-17(2,3)4/h5-6,9,13H,7-8H2,1-4H3,(H,19,23). The molecule has 1 aliphatic rings. The van der Waals surface area contributed by atoms with E-state index in [1.54, 1.807) is 20.8 Å². The van der Waals surface area contributed by atoms with Gasteiger partial charge in [-0.25, -0.2) is 9.18 Å². The van der Waals surface area contributed by atoms with Gasteiger partial charge >= 0.3 is 6.09 Å². The number of Topliss-reactive ketones (excluding diaryl/α,β-unsaturated/α-hetero) is 1. The Hall–Kier alpha value is -2.44. The van der Waals surface area contributed by atoms with Crippen molar-refractivity contribution >= 4 is 23.5 Å². The Balaban J connectivity index is 2.09. The van der Waals surface area contributed by atoms with E-state index >= 15 is 0 Å². The van der Waals surface area contributed by atoms with Gasteiger partial charge in [-0.15, -0.1) is 0 Å². The highest BCUT2D eigenvalue weighted by atomic mass is 19.1. The van der Waals surface area contributed by atoms with E-state index in [4.69, 9.17) is 4.74 Å². The second kappa shape index (κ2) is 6.59. The molecule has 0 bridgehead atoms. The first-order valence-corrected chi connectivity index (χ1v) is 7.70. The van der Waals surface area contributed by atoms with E-state index in [1.165, 1.54) is 24.0 Å². The monoisotopic (exact) mass is 336 g/mol. The number of ketones is 1. The molecule has 1 fully saturated rings. The summed E-state index contributed by atoms with van der Waals surface area (Å²) in [4.78, 5) is 36.7. The zero-order valence-electron chi connectivity index (χ0n) is 14.2. The molecule has 2 amide bonds. The number of carbonyl (C=O) groups is 3. The van der Waals surface area contributed by atoms with Crippen LogP contribution in [0.4, 0.5) is 14.9 Å². The lowest BCUT2D eigenvalue weighted by Gasteiger charge is -2.22. The molecule has 7 heteroatoms. The van der Waals surface area contributed by atoms with Crippen LogP contribution >= 0.6 is 0 Å².